The number of aromatic carboxylic acids is 1. The third kappa shape index (κ3) is 3.38. The Hall–Kier alpha value is -2.20. The van der Waals surface area contributed by atoms with Crippen LogP contribution in [0.4, 0.5) is 0 Å². The van der Waals surface area contributed by atoms with Crippen molar-refractivity contribution in [2.24, 2.45) is 13.0 Å². The molecule has 1 aliphatic rings. The van der Waals surface area contributed by atoms with Crippen molar-refractivity contribution in [3.05, 3.63) is 29.5 Å². The molecule has 3 heterocycles. The van der Waals surface area contributed by atoms with Gasteiger partial charge in [-0.1, -0.05) is 13.8 Å². The Kier molecular flexibility index (Phi) is 4.89. The number of sulfonamides is 1. The van der Waals surface area contributed by atoms with Gasteiger partial charge in [0.15, 0.2) is 10.7 Å². The van der Waals surface area contributed by atoms with Crippen LogP contribution >= 0.6 is 0 Å². The lowest BCUT2D eigenvalue weighted by Gasteiger charge is -2.26. The Morgan fingerprint density at radius 1 is 1.38 bits per heavy atom. The summed E-state index contributed by atoms with van der Waals surface area (Å²) in [5.74, 6) is -0.672. The molecule has 0 aromatic carbocycles. The maximum atomic E-state index is 12.8. The summed E-state index contributed by atoms with van der Waals surface area (Å²) < 4.78 is 30.1. The quantitative estimate of drug-likeness (QED) is 0.802. The Morgan fingerprint density at radius 2 is 2.12 bits per heavy atom. The standard InChI is InChI=1S/C16H23N5O4S/c1-11(2)4-7-21-13-5-6-20(8-12(13)15(18-21)16(22)23)26(24,25)14-9-19(3)10-17-14/h9-11H,4-8H2,1-3H3,(H,22,23). The van der Waals surface area contributed by atoms with Gasteiger partial charge in [0.2, 0.25) is 0 Å². The lowest BCUT2D eigenvalue weighted by atomic mass is 10.1. The predicted octanol–water partition coefficient (Wildman–Crippen LogP) is 1.11. The Balaban J connectivity index is 1.93. The molecular formula is C16H23N5O4S. The topological polar surface area (TPSA) is 110 Å². The summed E-state index contributed by atoms with van der Waals surface area (Å²) in [4.78, 5) is 15.5. The van der Waals surface area contributed by atoms with Gasteiger partial charge in [0.05, 0.1) is 6.33 Å². The van der Waals surface area contributed by atoms with E-state index in [0.29, 0.717) is 24.4 Å². The van der Waals surface area contributed by atoms with Crippen LogP contribution in [0.1, 0.15) is 42.0 Å². The molecule has 0 saturated carbocycles. The van der Waals surface area contributed by atoms with Crippen LogP contribution in [-0.4, -0.2) is 49.7 Å². The Morgan fingerprint density at radius 3 is 2.69 bits per heavy atom. The van der Waals surface area contributed by atoms with Crippen molar-refractivity contribution in [3.8, 4) is 0 Å². The normalized spacial score (nSPS) is 15.4. The summed E-state index contributed by atoms with van der Waals surface area (Å²) in [6.07, 6.45) is 4.17. The molecule has 1 N–H and O–H groups in total. The highest BCUT2D eigenvalue weighted by molar-refractivity contribution is 7.89. The zero-order chi connectivity index (χ0) is 19.1. The maximum absolute atomic E-state index is 12.8. The van der Waals surface area contributed by atoms with E-state index in [1.165, 1.54) is 16.8 Å². The number of hydrogen-bond acceptors (Lipinski definition) is 5. The molecule has 0 aliphatic carbocycles. The number of carbonyl (C=O) groups is 1. The first kappa shape index (κ1) is 18.6. The van der Waals surface area contributed by atoms with E-state index in [2.05, 4.69) is 23.9 Å². The van der Waals surface area contributed by atoms with Gasteiger partial charge in [-0.05, 0) is 12.3 Å². The van der Waals surface area contributed by atoms with Gasteiger partial charge < -0.3 is 9.67 Å². The van der Waals surface area contributed by atoms with Crippen LogP contribution in [0.3, 0.4) is 0 Å². The highest BCUT2D eigenvalue weighted by atomic mass is 32.2. The van der Waals surface area contributed by atoms with Crippen molar-refractivity contribution in [2.45, 2.75) is 44.8 Å². The molecule has 0 atom stereocenters. The van der Waals surface area contributed by atoms with E-state index in [0.717, 1.165) is 12.1 Å². The molecule has 2 aromatic rings. The number of carboxylic acids is 1. The average Bonchev–Trinajstić information content (AvgIpc) is 3.16. The molecule has 3 rings (SSSR count). The summed E-state index contributed by atoms with van der Waals surface area (Å²) in [7, 11) is -2.08. The van der Waals surface area contributed by atoms with E-state index in [1.54, 1.807) is 16.3 Å². The molecule has 0 spiro atoms. The van der Waals surface area contributed by atoms with E-state index in [-0.39, 0.29) is 23.8 Å². The van der Waals surface area contributed by atoms with E-state index in [1.807, 2.05) is 0 Å². The van der Waals surface area contributed by atoms with Crippen molar-refractivity contribution in [2.75, 3.05) is 6.54 Å². The number of fused-ring (bicyclic) bond motifs is 1. The van der Waals surface area contributed by atoms with E-state index >= 15 is 0 Å². The second kappa shape index (κ2) is 6.84. The third-order valence-electron chi connectivity index (χ3n) is 4.51. The molecular weight excluding hydrogens is 358 g/mol. The van der Waals surface area contributed by atoms with Gasteiger partial charge in [-0.25, -0.2) is 18.2 Å². The molecule has 0 radical (unpaired) electrons. The van der Waals surface area contributed by atoms with Gasteiger partial charge in [0, 0.05) is 50.6 Å². The van der Waals surface area contributed by atoms with E-state index in [4.69, 9.17) is 0 Å². The third-order valence-corrected chi connectivity index (χ3v) is 6.24. The maximum Gasteiger partial charge on any atom is 0.356 e. The molecule has 1 aliphatic heterocycles. The van der Waals surface area contributed by atoms with Crippen LogP contribution in [0.2, 0.25) is 0 Å². The minimum absolute atomic E-state index is 0.00243. The second-order valence-electron chi connectivity index (χ2n) is 6.95. The summed E-state index contributed by atoms with van der Waals surface area (Å²) in [6.45, 7) is 5.08. The minimum Gasteiger partial charge on any atom is -0.476 e. The first-order valence-corrected chi connectivity index (χ1v) is 9.94. The number of aryl methyl sites for hydroxylation is 2. The molecule has 0 amide bonds. The first-order valence-electron chi connectivity index (χ1n) is 8.50. The second-order valence-corrected chi connectivity index (χ2v) is 8.84. The lowest BCUT2D eigenvalue weighted by molar-refractivity contribution is 0.0687. The van der Waals surface area contributed by atoms with Crippen molar-refractivity contribution in [1.29, 1.82) is 0 Å². The van der Waals surface area contributed by atoms with Crippen LogP contribution in [0.5, 0.6) is 0 Å². The molecule has 0 saturated heterocycles. The fourth-order valence-electron chi connectivity index (χ4n) is 3.06. The molecule has 10 heteroatoms. The molecule has 2 aromatic heterocycles. The van der Waals surface area contributed by atoms with Gasteiger partial charge in [0.1, 0.15) is 0 Å². The van der Waals surface area contributed by atoms with Crippen molar-refractivity contribution in [1.82, 2.24) is 23.6 Å². The fraction of sp³-hybridized carbons (Fsp3) is 0.562. The molecule has 9 nitrogen and oxygen atoms in total. The van der Waals surface area contributed by atoms with Gasteiger partial charge >= 0.3 is 5.97 Å². The average molecular weight is 381 g/mol. The fourth-order valence-corrected chi connectivity index (χ4v) is 4.44. The van der Waals surface area contributed by atoms with Gasteiger partial charge in [-0.2, -0.15) is 9.40 Å². The highest BCUT2D eigenvalue weighted by Crippen LogP contribution is 2.27. The zero-order valence-corrected chi connectivity index (χ0v) is 15.9. The zero-order valence-electron chi connectivity index (χ0n) is 15.1. The number of imidazole rings is 1. The Bertz CT molecular complexity index is 929. The highest BCUT2D eigenvalue weighted by Gasteiger charge is 2.34. The molecule has 0 fully saturated rings. The molecule has 142 valence electrons. The summed E-state index contributed by atoms with van der Waals surface area (Å²) >= 11 is 0. The predicted molar refractivity (Wildman–Crippen MR) is 93.1 cm³/mol. The van der Waals surface area contributed by atoms with Crippen LogP contribution in [0.25, 0.3) is 0 Å². The Labute approximate surface area is 152 Å². The smallest absolute Gasteiger partial charge is 0.356 e. The molecule has 0 bridgehead atoms. The molecule has 0 unspecified atom stereocenters. The number of aromatic nitrogens is 4. The number of rotatable bonds is 6. The van der Waals surface area contributed by atoms with Crippen molar-refractivity contribution >= 4 is 16.0 Å². The molecule has 26 heavy (non-hydrogen) atoms. The van der Waals surface area contributed by atoms with Crippen LogP contribution in [0.15, 0.2) is 17.6 Å². The largest absolute Gasteiger partial charge is 0.476 e. The van der Waals surface area contributed by atoms with Crippen molar-refractivity contribution < 1.29 is 18.3 Å². The van der Waals surface area contributed by atoms with Crippen LogP contribution in [0, 0.1) is 5.92 Å². The number of nitrogens with zero attached hydrogens (tertiary/aromatic N) is 5. The van der Waals surface area contributed by atoms with Gasteiger partial charge in [0.25, 0.3) is 10.0 Å². The lowest BCUT2D eigenvalue weighted by Crippen LogP contribution is -2.37. The summed E-state index contributed by atoms with van der Waals surface area (Å²) in [5.41, 5.74) is 1.23. The van der Waals surface area contributed by atoms with Crippen molar-refractivity contribution in [3.63, 3.8) is 0 Å². The summed E-state index contributed by atoms with van der Waals surface area (Å²) in [6, 6.07) is 0. The summed E-state index contributed by atoms with van der Waals surface area (Å²) in [5, 5.41) is 13.7. The number of carboxylic acid groups (broad SMARTS) is 1. The first-order chi connectivity index (χ1) is 12.2. The SMILES string of the molecule is CC(C)CCn1nc(C(=O)O)c2c1CCN(S(=O)(=O)c1cn(C)cn1)C2. The van der Waals surface area contributed by atoms with Crippen LogP contribution in [-0.2, 0) is 36.6 Å². The van der Waals surface area contributed by atoms with Crippen LogP contribution < -0.4 is 0 Å². The monoisotopic (exact) mass is 381 g/mol. The minimum atomic E-state index is -3.77. The van der Waals surface area contributed by atoms with Gasteiger partial charge in [-0.15, -0.1) is 0 Å². The van der Waals surface area contributed by atoms with E-state index in [9.17, 15) is 18.3 Å². The van der Waals surface area contributed by atoms with Gasteiger partial charge in [-0.3, -0.25) is 4.68 Å². The van der Waals surface area contributed by atoms with E-state index < -0.39 is 16.0 Å². The number of hydrogen-bond donors (Lipinski definition) is 1.